The molecule has 9 nitrogen and oxygen atoms in total. The van der Waals surface area contributed by atoms with E-state index in [1.54, 1.807) is 47.3 Å². The van der Waals surface area contributed by atoms with Crippen molar-refractivity contribution in [2.75, 3.05) is 6.54 Å². The Morgan fingerprint density at radius 3 is 2.57 bits per heavy atom. The van der Waals surface area contributed by atoms with E-state index in [9.17, 15) is 14.7 Å². The monoisotopic (exact) mass is 518 g/mol. The number of carbonyl (C=O) groups is 2. The Balaban J connectivity index is 1.45. The molecule has 192 valence electrons. The highest BCUT2D eigenvalue weighted by atomic mass is 32.1. The summed E-state index contributed by atoms with van der Waals surface area (Å²) in [6.45, 7) is 7.67. The van der Waals surface area contributed by atoms with Gasteiger partial charge in [0.05, 0.1) is 34.4 Å². The summed E-state index contributed by atoms with van der Waals surface area (Å²) < 4.78 is 1.65. The van der Waals surface area contributed by atoms with Crippen LogP contribution in [0.4, 0.5) is 0 Å². The standard InChI is InChI=1S/C27H30N6O3S/c1-15(2)22(18-11-29-32(5)12-18)25(35)33-13-20(34)10-21(33)24-30-26(36)27(4,31-24)19-8-6-17(7-9-19)23-16(3)28-14-37-23/h6-9,11-12,14,20-21,34H,10,13H2,1-5H3,(H,30,31,36)/t20-,21-,27+/m1/s1. The summed E-state index contributed by atoms with van der Waals surface area (Å²) >= 11 is 1.58. The summed E-state index contributed by atoms with van der Waals surface area (Å²) in [5, 5.41) is 17.7. The van der Waals surface area contributed by atoms with Crippen molar-refractivity contribution in [3.05, 3.63) is 64.6 Å². The maximum absolute atomic E-state index is 13.7. The molecule has 2 N–H and O–H groups in total. The normalized spacial score (nSPS) is 23.2. The van der Waals surface area contributed by atoms with Crippen molar-refractivity contribution < 1.29 is 14.7 Å². The lowest BCUT2D eigenvalue weighted by molar-refractivity contribution is -0.126. The Morgan fingerprint density at radius 1 is 1.24 bits per heavy atom. The Bertz CT molecular complexity index is 1430. The lowest BCUT2D eigenvalue weighted by Crippen LogP contribution is -2.46. The average Bonchev–Trinajstić information content (AvgIpc) is 3.62. The molecular weight excluding hydrogens is 488 g/mol. The van der Waals surface area contributed by atoms with Crippen LogP contribution in [0.1, 0.15) is 44.0 Å². The predicted octanol–water partition coefficient (Wildman–Crippen LogP) is 3.05. The molecule has 4 heterocycles. The van der Waals surface area contributed by atoms with Crippen LogP contribution in [0.3, 0.4) is 0 Å². The van der Waals surface area contributed by atoms with Crippen LogP contribution in [0.25, 0.3) is 16.0 Å². The first-order valence-electron chi connectivity index (χ1n) is 12.2. The molecule has 0 bridgehead atoms. The molecule has 2 amide bonds. The van der Waals surface area contributed by atoms with Crippen molar-refractivity contribution in [1.29, 1.82) is 0 Å². The average molecular weight is 519 g/mol. The van der Waals surface area contributed by atoms with Gasteiger partial charge in [0.25, 0.3) is 11.8 Å². The maximum atomic E-state index is 13.7. The van der Waals surface area contributed by atoms with Gasteiger partial charge < -0.3 is 15.3 Å². The van der Waals surface area contributed by atoms with Crippen molar-refractivity contribution in [2.24, 2.45) is 12.0 Å². The second-order valence-electron chi connectivity index (χ2n) is 10.0. The van der Waals surface area contributed by atoms with Crippen molar-refractivity contribution in [2.45, 2.75) is 51.8 Å². The van der Waals surface area contributed by atoms with Crippen LogP contribution in [0.2, 0.25) is 0 Å². The molecule has 0 radical (unpaired) electrons. The first kappa shape index (κ1) is 25.0. The number of carbonyl (C=O) groups excluding carboxylic acids is 2. The first-order chi connectivity index (χ1) is 17.6. The number of benzene rings is 1. The van der Waals surface area contributed by atoms with Gasteiger partial charge in [0, 0.05) is 37.3 Å². The van der Waals surface area contributed by atoms with Gasteiger partial charge >= 0.3 is 0 Å². The number of hydrogen-bond acceptors (Lipinski definition) is 7. The molecular formula is C27H30N6O3S. The number of thiazole rings is 1. The van der Waals surface area contributed by atoms with Crippen molar-refractivity contribution in [3.63, 3.8) is 0 Å². The molecule has 2 aromatic heterocycles. The molecule has 0 spiro atoms. The number of allylic oxidation sites excluding steroid dienone is 1. The van der Waals surface area contributed by atoms with E-state index in [4.69, 9.17) is 4.99 Å². The summed E-state index contributed by atoms with van der Waals surface area (Å²) in [5.41, 5.74) is 5.53. The molecule has 0 aliphatic carbocycles. The molecule has 1 aromatic carbocycles. The van der Waals surface area contributed by atoms with Gasteiger partial charge in [-0.05, 0) is 38.8 Å². The van der Waals surface area contributed by atoms with Gasteiger partial charge in [-0.1, -0.05) is 29.8 Å². The van der Waals surface area contributed by atoms with Crippen LogP contribution < -0.4 is 5.32 Å². The van der Waals surface area contributed by atoms with Crippen molar-refractivity contribution in [1.82, 2.24) is 25.0 Å². The second kappa shape index (κ2) is 9.35. The number of β-amino-alcohol motifs (C(OH)–C–C–N with tert-alkyl or cyclic N) is 1. The van der Waals surface area contributed by atoms with E-state index >= 15 is 0 Å². The molecule has 0 saturated carbocycles. The zero-order chi connectivity index (χ0) is 26.5. The summed E-state index contributed by atoms with van der Waals surface area (Å²) in [6, 6.07) is 7.24. The number of aryl methyl sites for hydroxylation is 2. The largest absolute Gasteiger partial charge is 0.391 e. The first-order valence-corrected chi connectivity index (χ1v) is 13.0. The van der Waals surface area contributed by atoms with E-state index in [1.807, 2.05) is 50.5 Å². The van der Waals surface area contributed by atoms with Gasteiger partial charge in [0.15, 0.2) is 5.54 Å². The van der Waals surface area contributed by atoms with Gasteiger partial charge in [0.1, 0.15) is 5.84 Å². The Labute approximate surface area is 219 Å². The minimum absolute atomic E-state index is 0.162. The predicted molar refractivity (Wildman–Crippen MR) is 143 cm³/mol. The highest BCUT2D eigenvalue weighted by Gasteiger charge is 2.47. The van der Waals surface area contributed by atoms with Gasteiger partial charge in [0.2, 0.25) is 0 Å². The number of nitrogens with zero attached hydrogens (tertiary/aromatic N) is 5. The topological polar surface area (TPSA) is 113 Å². The number of amidine groups is 1. The zero-order valence-electron chi connectivity index (χ0n) is 21.5. The SMILES string of the molecule is CC(C)=C(C(=O)N1C[C@H](O)C[C@@H]1C1=N[C@@](C)(c2ccc(-c3scnc3C)cc2)C(=O)N1)c1cnn(C)c1. The molecule has 2 aliphatic heterocycles. The van der Waals surface area contributed by atoms with E-state index in [0.717, 1.165) is 27.3 Å². The summed E-state index contributed by atoms with van der Waals surface area (Å²) in [4.78, 5) is 38.8. The maximum Gasteiger partial charge on any atom is 0.257 e. The molecule has 10 heteroatoms. The number of aliphatic hydroxyl groups excluding tert-OH is 1. The Morgan fingerprint density at radius 2 is 1.97 bits per heavy atom. The lowest BCUT2D eigenvalue weighted by Gasteiger charge is -2.26. The number of aromatic nitrogens is 3. The summed E-state index contributed by atoms with van der Waals surface area (Å²) in [5.74, 6) is -0.0730. The minimum Gasteiger partial charge on any atom is -0.391 e. The highest BCUT2D eigenvalue weighted by Crippen LogP contribution is 2.35. The van der Waals surface area contributed by atoms with Crippen molar-refractivity contribution >= 4 is 34.6 Å². The number of amides is 2. The third-order valence-electron chi connectivity index (χ3n) is 7.05. The van der Waals surface area contributed by atoms with Crippen LogP contribution >= 0.6 is 11.3 Å². The third-order valence-corrected chi connectivity index (χ3v) is 8.02. The molecule has 1 saturated heterocycles. The van der Waals surface area contributed by atoms with Crippen LogP contribution in [-0.2, 0) is 22.2 Å². The Kier molecular flexibility index (Phi) is 6.33. The molecule has 0 unspecified atom stereocenters. The van der Waals surface area contributed by atoms with Gasteiger partial charge in [-0.15, -0.1) is 11.3 Å². The molecule has 1 fully saturated rings. The number of hydrogen-bond donors (Lipinski definition) is 2. The molecule has 3 atom stereocenters. The van der Waals surface area contributed by atoms with Crippen LogP contribution in [0, 0.1) is 6.92 Å². The molecule has 3 aromatic rings. The minimum atomic E-state index is -1.14. The van der Waals surface area contributed by atoms with E-state index in [0.29, 0.717) is 23.4 Å². The molecule has 5 rings (SSSR count). The van der Waals surface area contributed by atoms with Crippen molar-refractivity contribution in [3.8, 4) is 10.4 Å². The second-order valence-corrected chi connectivity index (χ2v) is 10.9. The fraction of sp³-hybridized carbons (Fsp3) is 0.370. The van der Waals surface area contributed by atoms with E-state index in [2.05, 4.69) is 15.4 Å². The number of nitrogens with one attached hydrogen (secondary N) is 1. The Hall–Kier alpha value is -3.63. The number of likely N-dealkylation sites (tertiary alicyclic amines) is 1. The fourth-order valence-corrected chi connectivity index (χ4v) is 5.87. The molecule has 2 aliphatic rings. The van der Waals surface area contributed by atoms with Gasteiger partial charge in [-0.3, -0.25) is 14.3 Å². The molecule has 37 heavy (non-hydrogen) atoms. The van der Waals surface area contributed by atoms with E-state index < -0.39 is 17.7 Å². The lowest BCUT2D eigenvalue weighted by atomic mass is 9.91. The number of aliphatic imine (C=N–C) groups is 1. The van der Waals surface area contributed by atoms with E-state index in [-0.39, 0.29) is 18.4 Å². The fourth-order valence-electron chi connectivity index (χ4n) is 5.05. The zero-order valence-corrected chi connectivity index (χ0v) is 22.3. The van der Waals surface area contributed by atoms with Gasteiger partial charge in [-0.2, -0.15) is 5.10 Å². The van der Waals surface area contributed by atoms with Crippen LogP contribution in [0.5, 0.6) is 0 Å². The number of rotatable bonds is 5. The van der Waals surface area contributed by atoms with E-state index in [1.165, 1.54) is 0 Å². The van der Waals surface area contributed by atoms with Crippen LogP contribution in [-0.4, -0.2) is 61.1 Å². The third kappa shape index (κ3) is 4.40. The summed E-state index contributed by atoms with van der Waals surface area (Å²) in [6.07, 6.45) is 3.04. The highest BCUT2D eigenvalue weighted by molar-refractivity contribution is 7.13. The number of aliphatic hydroxyl groups is 1. The smallest absolute Gasteiger partial charge is 0.257 e. The van der Waals surface area contributed by atoms with Crippen LogP contribution in [0.15, 0.2) is 52.7 Å². The summed E-state index contributed by atoms with van der Waals surface area (Å²) in [7, 11) is 1.80. The quantitative estimate of drug-likeness (QED) is 0.504. The van der Waals surface area contributed by atoms with Gasteiger partial charge in [-0.25, -0.2) is 9.98 Å².